The quantitative estimate of drug-likeness (QED) is 0.607. The molecule has 0 atom stereocenters. The van der Waals surface area contributed by atoms with E-state index in [1.54, 1.807) is 24.3 Å². The lowest BCUT2D eigenvalue weighted by molar-refractivity contribution is -0.134. The van der Waals surface area contributed by atoms with Gasteiger partial charge in [0.15, 0.2) is 0 Å². The van der Waals surface area contributed by atoms with E-state index in [9.17, 15) is 4.79 Å². The molecule has 0 N–H and O–H groups in total. The molecule has 0 amide bonds. The molecule has 19 heavy (non-hydrogen) atoms. The Morgan fingerprint density at radius 2 is 2.16 bits per heavy atom. The van der Waals surface area contributed by atoms with Crippen LogP contribution in [0.25, 0.3) is 17.4 Å². The molecule has 0 unspecified atom stereocenters. The molecule has 0 saturated carbocycles. The maximum atomic E-state index is 11.0. The zero-order valence-electron chi connectivity index (χ0n) is 10.0. The van der Waals surface area contributed by atoms with Crippen molar-refractivity contribution in [2.45, 2.75) is 0 Å². The van der Waals surface area contributed by atoms with Gasteiger partial charge in [-0.3, -0.25) is 0 Å². The molecular weight excluding hydrogens is 332 g/mol. The molecule has 1 aromatic carbocycles. The maximum absolute atomic E-state index is 11.0. The van der Waals surface area contributed by atoms with Crippen LogP contribution < -0.4 is 0 Å². The van der Waals surface area contributed by atoms with Crippen LogP contribution in [0.1, 0.15) is 5.76 Å². The first kappa shape index (κ1) is 13.9. The average Bonchev–Trinajstić information content (AvgIpc) is 2.84. The van der Waals surface area contributed by atoms with Crippen molar-refractivity contribution in [2.24, 2.45) is 0 Å². The summed E-state index contributed by atoms with van der Waals surface area (Å²) in [5, 5.41) is 0.646. The van der Waals surface area contributed by atoms with Gasteiger partial charge in [0.25, 0.3) is 0 Å². The highest BCUT2D eigenvalue weighted by atomic mass is 79.9. The van der Waals surface area contributed by atoms with Crippen LogP contribution in [0, 0.1) is 0 Å². The summed E-state index contributed by atoms with van der Waals surface area (Å²) in [4.78, 5) is 11.0. The van der Waals surface area contributed by atoms with Crippen molar-refractivity contribution in [2.75, 3.05) is 7.11 Å². The topological polar surface area (TPSA) is 39.4 Å². The van der Waals surface area contributed by atoms with E-state index < -0.39 is 5.97 Å². The molecule has 0 spiro atoms. The summed E-state index contributed by atoms with van der Waals surface area (Å²) in [6.45, 7) is 0. The minimum absolute atomic E-state index is 0.425. The average molecular weight is 342 g/mol. The molecule has 98 valence electrons. The van der Waals surface area contributed by atoms with Gasteiger partial charge in [0, 0.05) is 21.1 Å². The third-order valence-electron chi connectivity index (χ3n) is 2.41. The van der Waals surface area contributed by atoms with Crippen molar-refractivity contribution >= 4 is 39.6 Å². The summed E-state index contributed by atoms with van der Waals surface area (Å²) >= 11 is 9.32. The number of methoxy groups -OCH3 is 1. The number of furan rings is 1. The highest BCUT2D eigenvalue weighted by molar-refractivity contribution is 9.10. The second-order valence-corrected chi connectivity index (χ2v) is 4.97. The molecule has 0 radical (unpaired) electrons. The minimum atomic E-state index is -0.425. The Morgan fingerprint density at radius 1 is 1.37 bits per heavy atom. The van der Waals surface area contributed by atoms with E-state index in [2.05, 4.69) is 20.7 Å². The third kappa shape index (κ3) is 3.49. The van der Waals surface area contributed by atoms with Crippen molar-refractivity contribution in [3.8, 4) is 11.3 Å². The predicted molar refractivity (Wildman–Crippen MR) is 77.9 cm³/mol. The lowest BCUT2D eigenvalue weighted by atomic mass is 10.2. The molecule has 0 aliphatic heterocycles. The summed E-state index contributed by atoms with van der Waals surface area (Å²) in [6.07, 6.45) is 2.86. The van der Waals surface area contributed by atoms with Gasteiger partial charge in [-0.1, -0.05) is 11.6 Å². The Morgan fingerprint density at radius 3 is 2.84 bits per heavy atom. The maximum Gasteiger partial charge on any atom is 0.330 e. The highest BCUT2D eigenvalue weighted by Crippen LogP contribution is 2.32. The van der Waals surface area contributed by atoms with E-state index in [0.29, 0.717) is 16.5 Å². The van der Waals surface area contributed by atoms with Gasteiger partial charge >= 0.3 is 5.97 Å². The number of rotatable bonds is 3. The fraction of sp³-hybridized carbons (Fsp3) is 0.0714. The van der Waals surface area contributed by atoms with Gasteiger partial charge in [-0.25, -0.2) is 4.79 Å². The summed E-state index contributed by atoms with van der Waals surface area (Å²) in [7, 11) is 1.32. The SMILES string of the molecule is COC(=O)/C=C/c1ccc(-c2ccc(Cl)cc2Br)o1. The zero-order chi connectivity index (χ0) is 13.8. The molecule has 1 heterocycles. The number of carbonyl (C=O) groups is 1. The molecule has 0 bridgehead atoms. The van der Waals surface area contributed by atoms with Gasteiger partial charge in [0.05, 0.1) is 7.11 Å². The van der Waals surface area contributed by atoms with E-state index in [4.69, 9.17) is 16.0 Å². The van der Waals surface area contributed by atoms with Crippen LogP contribution in [0.3, 0.4) is 0 Å². The molecule has 0 aliphatic carbocycles. The summed E-state index contributed by atoms with van der Waals surface area (Å²) < 4.78 is 11.0. The number of hydrogen-bond acceptors (Lipinski definition) is 3. The lowest BCUT2D eigenvalue weighted by Crippen LogP contribution is -1.92. The molecule has 5 heteroatoms. The van der Waals surface area contributed by atoms with E-state index >= 15 is 0 Å². The van der Waals surface area contributed by atoms with Crippen LogP contribution in [0.2, 0.25) is 5.02 Å². The van der Waals surface area contributed by atoms with Gasteiger partial charge in [-0.05, 0) is 52.3 Å². The van der Waals surface area contributed by atoms with Crippen LogP contribution in [0.4, 0.5) is 0 Å². The molecule has 3 nitrogen and oxygen atoms in total. The van der Waals surface area contributed by atoms with Crippen LogP contribution >= 0.6 is 27.5 Å². The number of halogens is 2. The monoisotopic (exact) mass is 340 g/mol. The number of hydrogen-bond donors (Lipinski definition) is 0. The number of esters is 1. The van der Waals surface area contributed by atoms with Crippen LogP contribution in [0.5, 0.6) is 0 Å². The molecule has 2 aromatic rings. The van der Waals surface area contributed by atoms with E-state index in [1.165, 1.54) is 13.2 Å². The first-order valence-electron chi connectivity index (χ1n) is 5.41. The Kier molecular flexibility index (Phi) is 4.45. The Labute approximate surface area is 123 Å². The molecular formula is C14H10BrClO3. The van der Waals surface area contributed by atoms with E-state index in [-0.39, 0.29) is 0 Å². The Hall–Kier alpha value is -1.52. The third-order valence-corrected chi connectivity index (χ3v) is 3.30. The van der Waals surface area contributed by atoms with Crippen molar-refractivity contribution in [1.29, 1.82) is 0 Å². The van der Waals surface area contributed by atoms with Crippen molar-refractivity contribution in [3.05, 3.63) is 51.7 Å². The Bertz CT molecular complexity index is 631. The molecule has 2 rings (SSSR count). The number of ether oxygens (including phenoxy) is 1. The fourth-order valence-corrected chi connectivity index (χ4v) is 2.37. The van der Waals surface area contributed by atoms with Crippen molar-refractivity contribution in [1.82, 2.24) is 0 Å². The van der Waals surface area contributed by atoms with Gasteiger partial charge in [-0.15, -0.1) is 0 Å². The van der Waals surface area contributed by atoms with Gasteiger partial charge in [-0.2, -0.15) is 0 Å². The summed E-state index contributed by atoms with van der Waals surface area (Å²) in [5.41, 5.74) is 0.891. The summed E-state index contributed by atoms with van der Waals surface area (Å²) in [6, 6.07) is 9.04. The van der Waals surface area contributed by atoms with Crippen LogP contribution in [0.15, 0.2) is 45.3 Å². The van der Waals surface area contributed by atoms with Gasteiger partial charge < -0.3 is 9.15 Å². The van der Waals surface area contributed by atoms with Crippen LogP contribution in [-0.2, 0) is 9.53 Å². The first-order chi connectivity index (χ1) is 9.10. The first-order valence-corrected chi connectivity index (χ1v) is 6.58. The fourth-order valence-electron chi connectivity index (χ4n) is 1.49. The zero-order valence-corrected chi connectivity index (χ0v) is 12.4. The van der Waals surface area contributed by atoms with E-state index in [1.807, 2.05) is 12.1 Å². The minimum Gasteiger partial charge on any atom is -0.466 e. The van der Waals surface area contributed by atoms with Gasteiger partial charge in [0.1, 0.15) is 11.5 Å². The van der Waals surface area contributed by atoms with Crippen molar-refractivity contribution in [3.63, 3.8) is 0 Å². The van der Waals surface area contributed by atoms with Crippen LogP contribution in [-0.4, -0.2) is 13.1 Å². The number of benzene rings is 1. The molecule has 0 saturated heterocycles. The predicted octanol–water partition coefficient (Wildman–Crippen LogP) is 4.55. The normalized spacial score (nSPS) is 10.9. The standard InChI is InChI=1S/C14H10BrClO3/c1-18-14(17)7-4-10-3-6-13(19-10)11-5-2-9(16)8-12(11)15/h2-8H,1H3/b7-4+. The van der Waals surface area contributed by atoms with E-state index in [0.717, 1.165) is 10.0 Å². The second kappa shape index (κ2) is 6.08. The summed E-state index contributed by atoms with van der Waals surface area (Å²) in [5.74, 6) is 0.834. The second-order valence-electron chi connectivity index (χ2n) is 3.68. The van der Waals surface area contributed by atoms with Gasteiger partial charge in [0.2, 0.25) is 0 Å². The smallest absolute Gasteiger partial charge is 0.330 e. The molecule has 0 aliphatic rings. The molecule has 1 aromatic heterocycles. The highest BCUT2D eigenvalue weighted by Gasteiger charge is 2.08. The largest absolute Gasteiger partial charge is 0.466 e. The molecule has 0 fully saturated rings. The lowest BCUT2D eigenvalue weighted by Gasteiger charge is -2.01. The van der Waals surface area contributed by atoms with Crippen molar-refractivity contribution < 1.29 is 13.9 Å². The number of carbonyl (C=O) groups excluding carboxylic acids is 1. The Balaban J connectivity index is 2.26.